The summed E-state index contributed by atoms with van der Waals surface area (Å²) in [6.07, 6.45) is 2.15. The monoisotopic (exact) mass is 425 g/mol. The Morgan fingerprint density at radius 3 is 2.61 bits per heavy atom. The number of piperidine rings is 1. The number of amides is 1. The molecule has 4 rings (SSSR count). The first-order valence-corrected chi connectivity index (χ1v) is 11.0. The number of carbonyl (C=O) groups excluding carboxylic acids is 1. The van der Waals surface area contributed by atoms with Crippen LogP contribution in [0.2, 0.25) is 0 Å². The molecule has 0 unspecified atom stereocenters. The van der Waals surface area contributed by atoms with Gasteiger partial charge in [-0.15, -0.1) is 0 Å². The number of rotatable bonds is 4. The molecule has 31 heavy (non-hydrogen) atoms. The van der Waals surface area contributed by atoms with Crippen LogP contribution in [0.1, 0.15) is 65.0 Å². The van der Waals surface area contributed by atoms with Crippen molar-refractivity contribution in [2.24, 2.45) is 5.92 Å². The molecule has 0 atom stereocenters. The number of para-hydroxylation sites is 1. The molecule has 1 saturated heterocycles. The Morgan fingerprint density at radius 1 is 1.23 bits per heavy atom. The molecule has 0 radical (unpaired) electrons. The summed E-state index contributed by atoms with van der Waals surface area (Å²) in [5.41, 5.74) is 1.53. The van der Waals surface area contributed by atoms with Gasteiger partial charge in [-0.1, -0.05) is 32.0 Å². The van der Waals surface area contributed by atoms with E-state index in [0.717, 1.165) is 35.9 Å². The Morgan fingerprint density at radius 2 is 1.94 bits per heavy atom. The molecule has 1 aromatic carbocycles. The van der Waals surface area contributed by atoms with Gasteiger partial charge < -0.3 is 14.2 Å². The summed E-state index contributed by atoms with van der Waals surface area (Å²) in [6.45, 7) is 11.2. The third kappa shape index (κ3) is 4.73. The van der Waals surface area contributed by atoms with Gasteiger partial charge in [-0.2, -0.15) is 14.8 Å². The molecule has 8 heteroatoms. The van der Waals surface area contributed by atoms with E-state index >= 15 is 0 Å². The average Bonchev–Trinajstić information content (AvgIpc) is 3.32. The molecule has 3 heterocycles. The Kier molecular flexibility index (Phi) is 5.73. The van der Waals surface area contributed by atoms with Gasteiger partial charge in [0.2, 0.25) is 5.89 Å². The second kappa shape index (κ2) is 8.32. The maximum atomic E-state index is 12.3. The lowest BCUT2D eigenvalue weighted by atomic mass is 9.97. The van der Waals surface area contributed by atoms with Crippen LogP contribution in [-0.2, 0) is 11.2 Å². The molecule has 166 valence electrons. The quantitative estimate of drug-likeness (QED) is 0.601. The molecule has 2 aromatic heterocycles. The molecule has 3 aromatic rings. The molecule has 0 aliphatic carbocycles. The second-order valence-corrected chi connectivity index (χ2v) is 9.65. The van der Waals surface area contributed by atoms with E-state index in [2.05, 4.69) is 30.1 Å². The number of likely N-dealkylation sites (tertiary alicyclic amines) is 1. The highest BCUT2D eigenvalue weighted by Crippen LogP contribution is 2.29. The van der Waals surface area contributed by atoms with Crippen LogP contribution in [0.3, 0.4) is 0 Å². The summed E-state index contributed by atoms with van der Waals surface area (Å²) in [5.74, 6) is 1.68. The Balaban J connectivity index is 1.49. The standard InChI is InChI=1S/C23H31N5O3/c1-15(2)14-18-17-8-6-7-9-19(17)28(25-18)21-24-20(31-26-21)16-10-12-27(13-11-16)22(29)30-23(3,4)5/h6-9,15-16H,10-14H2,1-5H3. The number of fused-ring (bicyclic) bond motifs is 1. The van der Waals surface area contributed by atoms with E-state index in [-0.39, 0.29) is 12.0 Å². The van der Waals surface area contributed by atoms with E-state index in [1.807, 2.05) is 39.0 Å². The van der Waals surface area contributed by atoms with Gasteiger partial charge in [-0.05, 0) is 57.2 Å². The summed E-state index contributed by atoms with van der Waals surface area (Å²) in [5, 5.41) is 10.1. The number of carbonyl (C=O) groups is 1. The van der Waals surface area contributed by atoms with Crippen LogP contribution in [0.4, 0.5) is 4.79 Å². The van der Waals surface area contributed by atoms with Gasteiger partial charge in [-0.25, -0.2) is 4.79 Å². The third-order valence-electron chi connectivity index (χ3n) is 5.38. The molecule has 1 fully saturated rings. The first-order valence-electron chi connectivity index (χ1n) is 11.0. The van der Waals surface area contributed by atoms with Crippen LogP contribution in [0, 0.1) is 5.92 Å². The lowest BCUT2D eigenvalue weighted by Gasteiger charge is -2.32. The lowest BCUT2D eigenvalue weighted by Crippen LogP contribution is -2.41. The molecule has 0 spiro atoms. The van der Waals surface area contributed by atoms with Gasteiger partial charge in [0, 0.05) is 24.4 Å². The van der Waals surface area contributed by atoms with Crippen LogP contribution in [-0.4, -0.2) is 49.6 Å². The van der Waals surface area contributed by atoms with Gasteiger partial charge >= 0.3 is 6.09 Å². The van der Waals surface area contributed by atoms with Crippen molar-refractivity contribution in [2.45, 2.75) is 65.4 Å². The second-order valence-electron chi connectivity index (χ2n) is 9.65. The highest BCUT2D eigenvalue weighted by atomic mass is 16.6. The van der Waals surface area contributed by atoms with Gasteiger partial charge in [0.25, 0.3) is 5.95 Å². The summed E-state index contributed by atoms with van der Waals surface area (Å²) in [6, 6.07) is 8.14. The van der Waals surface area contributed by atoms with Crippen molar-refractivity contribution in [1.29, 1.82) is 0 Å². The zero-order chi connectivity index (χ0) is 22.2. The number of nitrogens with zero attached hydrogens (tertiary/aromatic N) is 5. The van der Waals surface area contributed by atoms with E-state index in [1.165, 1.54) is 0 Å². The Hall–Kier alpha value is -2.90. The predicted octanol–water partition coefficient (Wildman–Crippen LogP) is 4.72. The Labute approximate surface area is 182 Å². The van der Waals surface area contributed by atoms with Gasteiger partial charge in [0.1, 0.15) is 5.60 Å². The van der Waals surface area contributed by atoms with Crippen molar-refractivity contribution in [3.63, 3.8) is 0 Å². The SMILES string of the molecule is CC(C)Cc1nn(-c2noc(C3CCN(C(=O)OC(C)(C)C)CC3)n2)c2ccccc12. The molecule has 1 aliphatic rings. The van der Waals surface area contributed by atoms with Crippen LogP contribution in [0.5, 0.6) is 0 Å². The number of benzene rings is 1. The molecule has 0 saturated carbocycles. The topological polar surface area (TPSA) is 86.3 Å². The average molecular weight is 426 g/mol. The van der Waals surface area contributed by atoms with Gasteiger partial charge in [-0.3, -0.25) is 0 Å². The van der Waals surface area contributed by atoms with Crippen LogP contribution >= 0.6 is 0 Å². The number of ether oxygens (including phenoxy) is 1. The first kappa shape index (κ1) is 21.3. The summed E-state index contributed by atoms with van der Waals surface area (Å²) >= 11 is 0. The maximum Gasteiger partial charge on any atom is 0.410 e. The molecule has 0 bridgehead atoms. The number of hydrogen-bond donors (Lipinski definition) is 0. The molecule has 0 N–H and O–H groups in total. The van der Waals surface area contributed by atoms with Crippen molar-refractivity contribution >= 4 is 17.0 Å². The van der Waals surface area contributed by atoms with E-state index < -0.39 is 5.60 Å². The van der Waals surface area contributed by atoms with E-state index in [9.17, 15) is 4.79 Å². The molecular weight excluding hydrogens is 394 g/mol. The maximum absolute atomic E-state index is 12.3. The third-order valence-corrected chi connectivity index (χ3v) is 5.38. The highest BCUT2D eigenvalue weighted by Gasteiger charge is 2.30. The summed E-state index contributed by atoms with van der Waals surface area (Å²) in [7, 11) is 0. The fraction of sp³-hybridized carbons (Fsp3) is 0.565. The minimum atomic E-state index is -0.490. The van der Waals surface area contributed by atoms with E-state index in [0.29, 0.717) is 30.8 Å². The van der Waals surface area contributed by atoms with Crippen molar-refractivity contribution in [3.8, 4) is 5.95 Å². The molecule has 1 amide bonds. The first-order chi connectivity index (χ1) is 14.7. The normalized spacial score (nSPS) is 15.7. The van der Waals surface area contributed by atoms with Crippen molar-refractivity contribution in [2.75, 3.05) is 13.1 Å². The molecular formula is C23H31N5O3. The van der Waals surface area contributed by atoms with E-state index in [4.69, 9.17) is 14.4 Å². The summed E-state index contributed by atoms with van der Waals surface area (Å²) < 4.78 is 12.9. The molecule has 1 aliphatic heterocycles. The Bertz CT molecular complexity index is 1050. The lowest BCUT2D eigenvalue weighted by molar-refractivity contribution is 0.0198. The van der Waals surface area contributed by atoms with Crippen LogP contribution in [0.25, 0.3) is 16.9 Å². The van der Waals surface area contributed by atoms with E-state index in [1.54, 1.807) is 9.58 Å². The predicted molar refractivity (Wildman–Crippen MR) is 117 cm³/mol. The fourth-order valence-corrected chi connectivity index (χ4v) is 3.94. The van der Waals surface area contributed by atoms with Gasteiger partial charge in [0.15, 0.2) is 0 Å². The number of aromatic nitrogens is 4. The van der Waals surface area contributed by atoms with Crippen molar-refractivity contribution in [1.82, 2.24) is 24.8 Å². The van der Waals surface area contributed by atoms with Crippen LogP contribution < -0.4 is 0 Å². The smallest absolute Gasteiger partial charge is 0.410 e. The highest BCUT2D eigenvalue weighted by molar-refractivity contribution is 5.83. The minimum absolute atomic E-state index is 0.122. The largest absolute Gasteiger partial charge is 0.444 e. The zero-order valence-electron chi connectivity index (χ0n) is 19.0. The number of hydrogen-bond acceptors (Lipinski definition) is 6. The van der Waals surface area contributed by atoms with Crippen molar-refractivity contribution in [3.05, 3.63) is 35.9 Å². The fourth-order valence-electron chi connectivity index (χ4n) is 3.94. The van der Waals surface area contributed by atoms with Gasteiger partial charge in [0.05, 0.1) is 11.2 Å². The minimum Gasteiger partial charge on any atom is -0.444 e. The van der Waals surface area contributed by atoms with Crippen molar-refractivity contribution < 1.29 is 14.1 Å². The zero-order valence-corrected chi connectivity index (χ0v) is 19.0. The van der Waals surface area contributed by atoms with Crippen LogP contribution in [0.15, 0.2) is 28.8 Å². The molecule has 8 nitrogen and oxygen atoms in total. The summed E-state index contributed by atoms with van der Waals surface area (Å²) in [4.78, 5) is 18.7.